The van der Waals surface area contributed by atoms with Crippen molar-refractivity contribution >= 4 is 13.8 Å². The number of allylic oxidation sites excluding steroid dienone is 8. The van der Waals surface area contributed by atoms with Crippen LogP contribution in [-0.4, -0.2) is 70.7 Å². The lowest BCUT2D eigenvalue weighted by Crippen LogP contribution is -2.37. The molecule has 0 fully saturated rings. The quantitative estimate of drug-likeness (QED) is 0.0206. The number of carbonyl (C=O) groups is 1. The Labute approximate surface area is 314 Å². The molecule has 2 atom stereocenters. The van der Waals surface area contributed by atoms with Crippen LogP contribution in [0.4, 0.5) is 0 Å². The monoisotopic (exact) mass is 740 g/mol. The van der Waals surface area contributed by atoms with Gasteiger partial charge in [0.1, 0.15) is 19.3 Å². The van der Waals surface area contributed by atoms with Gasteiger partial charge in [-0.05, 0) is 44.9 Å². The molecule has 0 amide bonds. The predicted octanol–water partition coefficient (Wildman–Crippen LogP) is 11.0. The largest absolute Gasteiger partial charge is 0.756 e. The Bertz CT molecular complexity index is 957. The van der Waals surface area contributed by atoms with Gasteiger partial charge in [-0.15, -0.1) is 0 Å². The summed E-state index contributed by atoms with van der Waals surface area (Å²) >= 11 is 0. The summed E-state index contributed by atoms with van der Waals surface area (Å²) < 4.78 is 34.4. The fourth-order valence-corrected chi connectivity index (χ4v) is 5.98. The van der Waals surface area contributed by atoms with Gasteiger partial charge in [0.2, 0.25) is 0 Å². The maximum absolute atomic E-state index is 12.6. The lowest BCUT2D eigenvalue weighted by atomic mass is 10.0. The third-order valence-corrected chi connectivity index (χ3v) is 9.36. The fraction of sp³-hybridized carbons (Fsp3) is 0.786. The molecule has 51 heavy (non-hydrogen) atoms. The summed E-state index contributed by atoms with van der Waals surface area (Å²) in [6.07, 6.45) is 41.3. The molecule has 0 bridgehead atoms. The second-order valence-corrected chi connectivity index (χ2v) is 16.0. The van der Waals surface area contributed by atoms with Crippen LogP contribution in [0.2, 0.25) is 0 Å². The number of phosphoric acid groups is 1. The van der Waals surface area contributed by atoms with E-state index < -0.39 is 13.9 Å². The molecule has 0 rings (SSSR count). The Morgan fingerprint density at radius 1 is 0.627 bits per heavy atom. The van der Waals surface area contributed by atoms with E-state index in [4.69, 9.17) is 18.5 Å². The number of esters is 1. The molecule has 0 aromatic carbocycles. The van der Waals surface area contributed by atoms with Crippen molar-refractivity contribution in [3.8, 4) is 0 Å². The lowest BCUT2D eigenvalue weighted by Gasteiger charge is -2.28. The first-order chi connectivity index (χ1) is 24.6. The number of nitrogens with zero attached hydrogens (tertiary/aromatic N) is 1. The minimum atomic E-state index is -4.53. The number of phosphoric ester groups is 1. The van der Waals surface area contributed by atoms with Gasteiger partial charge in [-0.3, -0.25) is 9.36 Å². The Kier molecular flexibility index (Phi) is 34.4. The van der Waals surface area contributed by atoms with Crippen molar-refractivity contribution in [2.24, 2.45) is 0 Å². The fourth-order valence-electron chi connectivity index (χ4n) is 5.26. The molecule has 0 spiro atoms. The van der Waals surface area contributed by atoms with Crippen molar-refractivity contribution in [3.63, 3.8) is 0 Å². The summed E-state index contributed by atoms with van der Waals surface area (Å²) in [6, 6.07) is 0. The number of carbonyl (C=O) groups excluding carboxylic acids is 1. The molecular formula is C42H78NO7P. The average Bonchev–Trinajstić information content (AvgIpc) is 3.08. The Hall–Kier alpha value is -1.54. The van der Waals surface area contributed by atoms with E-state index >= 15 is 0 Å². The van der Waals surface area contributed by atoms with Gasteiger partial charge in [0.25, 0.3) is 7.82 Å². The summed E-state index contributed by atoms with van der Waals surface area (Å²) in [6.45, 7) is 5.14. The minimum Gasteiger partial charge on any atom is -0.756 e. The smallest absolute Gasteiger partial charge is 0.306 e. The van der Waals surface area contributed by atoms with E-state index in [-0.39, 0.29) is 25.8 Å². The van der Waals surface area contributed by atoms with E-state index in [0.717, 1.165) is 57.8 Å². The number of ether oxygens (including phenoxy) is 2. The summed E-state index contributed by atoms with van der Waals surface area (Å²) in [5.41, 5.74) is 0. The van der Waals surface area contributed by atoms with Crippen LogP contribution in [0.15, 0.2) is 48.6 Å². The summed E-state index contributed by atoms with van der Waals surface area (Å²) in [5.74, 6) is -0.353. The summed E-state index contributed by atoms with van der Waals surface area (Å²) in [5, 5.41) is 0. The van der Waals surface area contributed by atoms with Crippen LogP contribution in [0, 0.1) is 0 Å². The Balaban J connectivity index is 4.35. The summed E-state index contributed by atoms with van der Waals surface area (Å²) in [4.78, 5) is 25.0. The number of hydrogen-bond donors (Lipinski definition) is 0. The van der Waals surface area contributed by atoms with Crippen LogP contribution >= 0.6 is 7.82 Å². The van der Waals surface area contributed by atoms with Crippen molar-refractivity contribution in [2.75, 3.05) is 54.1 Å². The molecule has 0 saturated carbocycles. The molecule has 298 valence electrons. The van der Waals surface area contributed by atoms with E-state index in [1.807, 2.05) is 21.1 Å². The van der Waals surface area contributed by atoms with Gasteiger partial charge >= 0.3 is 5.97 Å². The van der Waals surface area contributed by atoms with Crippen molar-refractivity contribution in [3.05, 3.63) is 48.6 Å². The van der Waals surface area contributed by atoms with E-state index in [1.165, 1.54) is 77.0 Å². The van der Waals surface area contributed by atoms with Crippen molar-refractivity contribution in [1.82, 2.24) is 0 Å². The molecule has 8 nitrogen and oxygen atoms in total. The van der Waals surface area contributed by atoms with Crippen LogP contribution < -0.4 is 4.89 Å². The molecule has 0 radical (unpaired) electrons. The van der Waals surface area contributed by atoms with Crippen LogP contribution in [-0.2, 0) is 27.9 Å². The van der Waals surface area contributed by atoms with E-state index in [2.05, 4.69) is 62.5 Å². The Morgan fingerprint density at radius 2 is 1.12 bits per heavy atom. The highest BCUT2D eigenvalue weighted by atomic mass is 31.2. The van der Waals surface area contributed by atoms with Gasteiger partial charge in [-0.25, -0.2) is 0 Å². The third kappa shape index (κ3) is 39.5. The molecule has 0 aromatic heterocycles. The van der Waals surface area contributed by atoms with Crippen LogP contribution in [0.3, 0.4) is 0 Å². The zero-order valence-corrected chi connectivity index (χ0v) is 34.4. The predicted molar refractivity (Wildman–Crippen MR) is 213 cm³/mol. The molecule has 9 heteroatoms. The van der Waals surface area contributed by atoms with Crippen LogP contribution in [0.5, 0.6) is 0 Å². The van der Waals surface area contributed by atoms with Gasteiger partial charge in [0, 0.05) is 13.0 Å². The topological polar surface area (TPSA) is 94.1 Å². The number of unbranched alkanes of at least 4 members (excludes halogenated alkanes) is 15. The molecule has 0 saturated heterocycles. The maximum Gasteiger partial charge on any atom is 0.306 e. The highest BCUT2D eigenvalue weighted by Crippen LogP contribution is 2.38. The second-order valence-electron chi connectivity index (χ2n) is 14.6. The molecular weight excluding hydrogens is 661 g/mol. The number of rotatable bonds is 37. The number of quaternary nitrogens is 1. The molecule has 0 aliphatic carbocycles. The molecule has 0 N–H and O–H groups in total. The first-order valence-electron chi connectivity index (χ1n) is 20.4. The highest BCUT2D eigenvalue weighted by Gasteiger charge is 2.20. The molecule has 0 aromatic rings. The molecule has 0 aliphatic rings. The zero-order chi connectivity index (χ0) is 37.7. The summed E-state index contributed by atoms with van der Waals surface area (Å²) in [7, 11) is 1.32. The third-order valence-electron chi connectivity index (χ3n) is 8.39. The van der Waals surface area contributed by atoms with Crippen LogP contribution in [0.1, 0.15) is 155 Å². The van der Waals surface area contributed by atoms with Gasteiger partial charge < -0.3 is 27.9 Å². The number of likely N-dealkylation sites (N-methyl/N-ethyl adjacent to an activating group) is 1. The van der Waals surface area contributed by atoms with Gasteiger partial charge in [-0.1, -0.05) is 152 Å². The molecule has 2 unspecified atom stereocenters. The van der Waals surface area contributed by atoms with Crippen molar-refractivity contribution in [2.45, 2.75) is 161 Å². The van der Waals surface area contributed by atoms with Crippen LogP contribution in [0.25, 0.3) is 0 Å². The Morgan fingerprint density at radius 3 is 1.63 bits per heavy atom. The molecule has 0 aliphatic heterocycles. The highest BCUT2D eigenvalue weighted by molar-refractivity contribution is 7.45. The van der Waals surface area contributed by atoms with E-state index in [1.54, 1.807) is 0 Å². The average molecular weight is 740 g/mol. The normalized spacial score (nSPS) is 14.4. The lowest BCUT2D eigenvalue weighted by molar-refractivity contribution is -0.870. The second kappa shape index (κ2) is 35.5. The van der Waals surface area contributed by atoms with Gasteiger partial charge in [0.15, 0.2) is 0 Å². The minimum absolute atomic E-state index is 0.0156. The van der Waals surface area contributed by atoms with Crippen molar-refractivity contribution in [1.29, 1.82) is 0 Å². The standard InChI is InChI=1S/C42H78NO7P/c1-6-8-10-12-14-16-18-20-22-23-25-27-29-31-33-35-42(44)50-41(40-49-51(45,46)48-38-36-43(3,4)5)39-47-37-34-32-30-28-26-24-21-19-17-15-13-11-9-7-2/h9,11,15,17,21,24,28,30,41H,6-8,10,12-14,16,18-20,22-23,25-27,29,31-40H2,1-5H3/b11-9-,17-15-,24-21-,30-28-. The SMILES string of the molecule is CC/C=C\C/C=C\C/C=C\C/C=C\CCCOCC(COP(=O)([O-])OCC[N+](C)(C)C)OC(=O)CCCCCCCCCCCCCCCCC. The molecule has 0 heterocycles. The van der Waals surface area contributed by atoms with E-state index in [9.17, 15) is 14.3 Å². The van der Waals surface area contributed by atoms with Gasteiger partial charge in [-0.2, -0.15) is 0 Å². The maximum atomic E-state index is 12.6. The first kappa shape index (κ1) is 49.5. The number of hydrogen-bond acceptors (Lipinski definition) is 7. The zero-order valence-electron chi connectivity index (χ0n) is 33.5. The van der Waals surface area contributed by atoms with E-state index in [0.29, 0.717) is 24.1 Å². The van der Waals surface area contributed by atoms with Gasteiger partial charge in [0.05, 0.1) is 34.4 Å². The van der Waals surface area contributed by atoms with Crippen molar-refractivity contribution < 1.29 is 37.3 Å². The first-order valence-corrected chi connectivity index (χ1v) is 21.8.